The first-order valence-corrected chi connectivity index (χ1v) is 21.7. The zero-order valence-corrected chi connectivity index (χ0v) is 39.3. The van der Waals surface area contributed by atoms with Crippen LogP contribution in [0.15, 0.2) is 84.5 Å². The van der Waals surface area contributed by atoms with Crippen LogP contribution in [0, 0.1) is 16.7 Å². The molecular weight excluding hydrogens is 835 g/mol. The Labute approximate surface area is 370 Å². The molecule has 3 aliphatic carbocycles. The summed E-state index contributed by atoms with van der Waals surface area (Å²) in [6, 6.07) is 14.6. The van der Waals surface area contributed by atoms with Crippen molar-refractivity contribution >= 4 is 40.3 Å². The molecule has 17 heteroatoms. The lowest BCUT2D eigenvalue weighted by atomic mass is 9.44. The minimum absolute atomic E-state index is 0.0637. The molecule has 0 unspecified atom stereocenters. The second-order valence-corrected chi connectivity index (χ2v) is 18.9. The number of carbonyl (C=O) groups is 5. The van der Waals surface area contributed by atoms with Crippen LogP contribution in [0.5, 0.6) is 0 Å². The fourth-order valence-corrected chi connectivity index (χ4v) is 9.91. The third kappa shape index (κ3) is 9.28. The van der Waals surface area contributed by atoms with E-state index < -0.39 is 112 Å². The number of aliphatic hydroxyl groups is 4. The van der Waals surface area contributed by atoms with Crippen LogP contribution in [0.2, 0.25) is 0 Å². The number of amides is 1. The van der Waals surface area contributed by atoms with Crippen molar-refractivity contribution in [3.05, 3.63) is 95.6 Å². The summed E-state index contributed by atoms with van der Waals surface area (Å²) in [5.41, 5.74) is -8.14. The van der Waals surface area contributed by atoms with Crippen LogP contribution in [0.4, 0.5) is 4.79 Å². The SMILES string of the molecule is C=CCO[SiH3].CC(=O)O[C@@]12CO[C@@H]1C[C@H](O)[C@@]1(C)C(=O)[C@H](O)C3=C(C)[C@@H](OC(=O)[C@H](O)[C@@H](NC(=O)OC(C)(C)C)c4ccccc4)C[C@@](O)([C@@H](OC(=O)c4ccccc4)[C@H]21)C3(C)C. The Bertz CT molecular complexity index is 2070. The molecule has 1 amide bonds. The predicted octanol–water partition coefficient (Wildman–Crippen LogP) is 2.73. The second-order valence-electron chi connectivity index (χ2n) is 18.3. The largest absolute Gasteiger partial charge is 0.456 e. The van der Waals surface area contributed by atoms with Gasteiger partial charge in [-0.1, -0.05) is 68.5 Å². The van der Waals surface area contributed by atoms with Gasteiger partial charge < -0.3 is 53.9 Å². The summed E-state index contributed by atoms with van der Waals surface area (Å²) < 4.78 is 34.2. The van der Waals surface area contributed by atoms with Crippen LogP contribution in [0.1, 0.15) is 90.2 Å². The minimum atomic E-state index is -2.35. The van der Waals surface area contributed by atoms with Gasteiger partial charge in [0.2, 0.25) is 0 Å². The van der Waals surface area contributed by atoms with Gasteiger partial charge >= 0.3 is 24.0 Å². The van der Waals surface area contributed by atoms with Crippen molar-refractivity contribution < 1.29 is 72.5 Å². The zero-order chi connectivity index (χ0) is 46.9. The maximum absolute atomic E-state index is 14.9. The molecule has 16 nitrogen and oxygen atoms in total. The Balaban J connectivity index is 0.00000141. The lowest BCUT2D eigenvalue weighted by molar-refractivity contribution is -0.346. The van der Waals surface area contributed by atoms with Gasteiger partial charge in [0.05, 0.1) is 42.3 Å². The Kier molecular flexibility index (Phi) is 14.7. The number of hydrogen-bond donors (Lipinski definition) is 5. The van der Waals surface area contributed by atoms with Crippen LogP contribution >= 0.6 is 0 Å². The molecule has 2 aromatic rings. The predicted molar refractivity (Wildman–Crippen MR) is 230 cm³/mol. The lowest BCUT2D eigenvalue weighted by Crippen LogP contribution is -2.81. The van der Waals surface area contributed by atoms with Crippen LogP contribution in [0.3, 0.4) is 0 Å². The maximum Gasteiger partial charge on any atom is 0.408 e. The Morgan fingerprint density at radius 1 is 1.02 bits per heavy atom. The highest BCUT2D eigenvalue weighted by atomic mass is 28.2. The van der Waals surface area contributed by atoms with Gasteiger partial charge in [-0.15, -0.1) is 6.58 Å². The normalized spacial score (nSPS) is 31.7. The van der Waals surface area contributed by atoms with Crippen molar-refractivity contribution in [3.63, 3.8) is 0 Å². The van der Waals surface area contributed by atoms with Crippen LogP contribution in [0.25, 0.3) is 0 Å². The van der Waals surface area contributed by atoms with E-state index in [-0.39, 0.29) is 29.7 Å². The second kappa shape index (κ2) is 18.8. The highest BCUT2D eigenvalue weighted by Gasteiger charge is 2.78. The number of nitrogens with one attached hydrogen (secondary N) is 1. The van der Waals surface area contributed by atoms with Crippen LogP contribution in [-0.2, 0) is 42.5 Å². The van der Waals surface area contributed by atoms with Crippen molar-refractivity contribution in [2.24, 2.45) is 16.7 Å². The van der Waals surface area contributed by atoms with Gasteiger partial charge in [0, 0.05) is 25.2 Å². The topological polar surface area (TPSA) is 234 Å². The number of fused-ring (bicyclic) bond motifs is 5. The number of Topliss-reactive ketones (excluding diaryl/α,β-unsaturated/α-hetero) is 1. The van der Waals surface area contributed by atoms with E-state index in [1.54, 1.807) is 89.2 Å². The molecule has 3 fully saturated rings. The molecule has 1 aliphatic heterocycles. The molecule has 5 N–H and O–H groups in total. The number of hydrogen-bond acceptors (Lipinski definition) is 15. The van der Waals surface area contributed by atoms with Gasteiger partial charge in [-0.3, -0.25) is 9.59 Å². The lowest BCUT2D eigenvalue weighted by Gasteiger charge is -2.67. The minimum Gasteiger partial charge on any atom is -0.456 e. The van der Waals surface area contributed by atoms with Crippen LogP contribution in [-0.4, -0.2) is 127 Å². The molecule has 11 atom stereocenters. The average Bonchev–Trinajstić information content (AvgIpc) is 3.21. The van der Waals surface area contributed by atoms with Gasteiger partial charge in [0.1, 0.15) is 46.1 Å². The van der Waals surface area contributed by atoms with E-state index in [1.165, 1.54) is 26.0 Å². The van der Waals surface area contributed by atoms with Gasteiger partial charge in [-0.25, -0.2) is 14.4 Å². The number of ketones is 1. The van der Waals surface area contributed by atoms with Crippen molar-refractivity contribution in [2.45, 2.75) is 128 Å². The van der Waals surface area contributed by atoms with Gasteiger partial charge in [-0.05, 0) is 63.5 Å². The monoisotopic (exact) mass is 895 g/mol. The quantitative estimate of drug-likeness (QED) is 0.0999. The van der Waals surface area contributed by atoms with Crippen molar-refractivity contribution in [1.29, 1.82) is 0 Å². The molecule has 1 saturated heterocycles. The fraction of sp³-hybridized carbons (Fsp3) is 0.543. The summed E-state index contributed by atoms with van der Waals surface area (Å²) in [7, 11) is 0.827. The molecule has 4 aliphatic rings. The summed E-state index contributed by atoms with van der Waals surface area (Å²) in [5, 5.41) is 51.6. The molecular formula is C46H61NO15Si. The molecule has 0 radical (unpaired) electrons. The number of benzene rings is 2. The summed E-state index contributed by atoms with van der Waals surface area (Å²) in [5.74, 6) is -5.36. The van der Waals surface area contributed by atoms with E-state index in [9.17, 15) is 44.4 Å². The molecule has 2 saturated carbocycles. The third-order valence-electron chi connectivity index (χ3n) is 12.9. The first-order valence-electron chi connectivity index (χ1n) is 20.8. The zero-order valence-electron chi connectivity index (χ0n) is 37.3. The number of aliphatic hydroxyl groups excluding tert-OH is 3. The standard InChI is InChI=1S/C43H53NO14.C3H8OSi/c1-22-26(55-37(51)32(48)30(24-15-11-9-12-16-24)44-38(52)58-39(3,4)5)20-43(53)35(56-36(50)25-17-13-10-14-18-25)33-41(8,34(49)31(47)29(22)40(43,6)7)27(46)19-28-42(33,21-54-28)57-23(2)45;1-2-3-4-5/h9-18,26-28,30-33,35,46-48,53H,19-21H2,1-8H3,(H,44,52);2H,1,3H2,5H3/t26-,27-,28+,30-,31+,32+,33-,35-,41+,42-,43+;/m0./s1. The summed E-state index contributed by atoms with van der Waals surface area (Å²) >= 11 is 0. The van der Waals surface area contributed by atoms with Gasteiger partial charge in [-0.2, -0.15) is 0 Å². The Hall–Kier alpha value is -4.75. The molecule has 6 rings (SSSR count). The Morgan fingerprint density at radius 2 is 1.62 bits per heavy atom. The highest BCUT2D eigenvalue weighted by molar-refractivity contribution is 5.98. The number of ether oxygens (including phenoxy) is 5. The number of alkyl carbamates (subject to hydrolysis) is 1. The summed E-state index contributed by atoms with van der Waals surface area (Å²) in [6.45, 7) is 16.0. The van der Waals surface area contributed by atoms with E-state index in [0.29, 0.717) is 12.2 Å². The number of carbonyl (C=O) groups excluding carboxylic acids is 5. The number of rotatable bonds is 10. The van der Waals surface area contributed by atoms with Crippen molar-refractivity contribution in [2.75, 3.05) is 13.2 Å². The molecule has 1 heterocycles. The molecule has 0 aromatic heterocycles. The Morgan fingerprint density at radius 3 is 2.13 bits per heavy atom. The molecule has 2 bridgehead atoms. The summed E-state index contributed by atoms with van der Waals surface area (Å²) in [4.78, 5) is 68.9. The smallest absolute Gasteiger partial charge is 0.408 e. The first kappa shape index (κ1) is 49.3. The molecule has 344 valence electrons. The molecule has 0 spiro atoms. The molecule has 2 aromatic carbocycles. The van der Waals surface area contributed by atoms with Gasteiger partial charge in [0.15, 0.2) is 17.5 Å². The maximum atomic E-state index is 14.9. The average molecular weight is 896 g/mol. The van der Waals surface area contributed by atoms with Gasteiger partial charge in [0.25, 0.3) is 0 Å². The van der Waals surface area contributed by atoms with E-state index in [0.717, 1.165) is 17.4 Å². The molecule has 63 heavy (non-hydrogen) atoms. The van der Waals surface area contributed by atoms with E-state index in [4.69, 9.17) is 28.1 Å². The third-order valence-corrected chi connectivity index (χ3v) is 13.2. The first-order chi connectivity index (χ1) is 29.4. The highest BCUT2D eigenvalue weighted by Crippen LogP contribution is 2.64. The van der Waals surface area contributed by atoms with Crippen molar-refractivity contribution in [3.8, 4) is 0 Å². The number of esters is 3. The van der Waals surface area contributed by atoms with Crippen LogP contribution < -0.4 is 5.32 Å². The van der Waals surface area contributed by atoms with E-state index in [1.807, 2.05) is 0 Å². The fourth-order valence-electron chi connectivity index (χ4n) is 9.68. The van der Waals surface area contributed by atoms with E-state index >= 15 is 0 Å². The summed E-state index contributed by atoms with van der Waals surface area (Å²) in [6.07, 6.45) is -9.74. The van der Waals surface area contributed by atoms with Crippen molar-refractivity contribution in [1.82, 2.24) is 5.32 Å². The van der Waals surface area contributed by atoms with E-state index in [2.05, 4.69) is 11.9 Å².